The number of fused-ring (bicyclic) bond motifs is 1. The van der Waals surface area contributed by atoms with Crippen LogP contribution in [0, 0.1) is 12.8 Å². The molecule has 45 heavy (non-hydrogen) atoms. The Bertz CT molecular complexity index is 1680. The van der Waals surface area contributed by atoms with Gasteiger partial charge in [-0.3, -0.25) is 10.1 Å². The summed E-state index contributed by atoms with van der Waals surface area (Å²) in [6.45, 7) is 10.3. The number of nitrogens with one attached hydrogen (secondary N) is 3. The topological polar surface area (TPSA) is 107 Å². The summed E-state index contributed by atoms with van der Waals surface area (Å²) < 4.78 is 12.7. The minimum Gasteiger partial charge on any atom is -0.454 e. The lowest BCUT2D eigenvalue weighted by Crippen LogP contribution is -2.31. The van der Waals surface area contributed by atoms with E-state index >= 15 is 0 Å². The molecule has 0 aliphatic carbocycles. The molecule has 1 unspecified atom stereocenters. The molecule has 0 radical (unpaired) electrons. The van der Waals surface area contributed by atoms with Crippen LogP contribution in [-0.2, 0) is 5.41 Å². The fourth-order valence-corrected chi connectivity index (χ4v) is 6.04. The van der Waals surface area contributed by atoms with Crippen molar-refractivity contribution < 1.29 is 19.1 Å². The molecule has 9 nitrogen and oxygen atoms in total. The quantitative estimate of drug-likeness (QED) is 0.183. The number of aryl methyl sites for hydroxylation is 1. The number of rotatable bonds is 8. The maximum atomic E-state index is 13.6. The van der Waals surface area contributed by atoms with Crippen LogP contribution >= 0.6 is 0 Å². The van der Waals surface area contributed by atoms with E-state index in [4.69, 9.17) is 14.6 Å². The van der Waals surface area contributed by atoms with Gasteiger partial charge in [0.25, 0.3) is 0 Å². The van der Waals surface area contributed by atoms with Gasteiger partial charge in [0.2, 0.25) is 6.79 Å². The number of anilines is 2. The molecule has 4 aromatic rings. The van der Waals surface area contributed by atoms with E-state index in [1.165, 1.54) is 0 Å². The van der Waals surface area contributed by atoms with Crippen LogP contribution in [0.5, 0.6) is 11.5 Å². The van der Waals surface area contributed by atoms with Crippen LogP contribution in [0.15, 0.2) is 72.8 Å². The molecule has 0 spiro atoms. The van der Waals surface area contributed by atoms with Crippen LogP contribution in [0.1, 0.15) is 73.1 Å². The number of ether oxygens (including phenoxy) is 2. The molecule has 2 aliphatic rings. The van der Waals surface area contributed by atoms with Crippen LogP contribution < -0.4 is 25.4 Å². The zero-order valence-electron chi connectivity index (χ0n) is 26.4. The van der Waals surface area contributed by atoms with Crippen LogP contribution in [-0.4, -0.2) is 41.5 Å². The molecule has 2 aliphatic heterocycles. The molecular weight excluding hydrogens is 566 g/mol. The van der Waals surface area contributed by atoms with Crippen molar-refractivity contribution in [1.29, 1.82) is 0 Å². The van der Waals surface area contributed by atoms with Gasteiger partial charge in [-0.25, -0.2) is 9.48 Å². The molecule has 3 heterocycles. The number of carbonyl (C=O) groups is 2. The average Bonchev–Trinajstić information content (AvgIpc) is 3.68. The molecule has 0 saturated carbocycles. The first-order valence-corrected chi connectivity index (χ1v) is 15.6. The lowest BCUT2D eigenvalue weighted by Gasteiger charge is -2.31. The number of hydrogen-bond acceptors (Lipinski definition) is 6. The Labute approximate surface area is 264 Å². The molecule has 3 N–H and O–H groups in total. The second-order valence-electron chi connectivity index (χ2n) is 13.0. The molecule has 1 atom stereocenters. The van der Waals surface area contributed by atoms with Crippen molar-refractivity contribution in [2.45, 2.75) is 58.3 Å². The Morgan fingerprint density at radius 1 is 0.956 bits per heavy atom. The molecule has 0 bridgehead atoms. The zero-order chi connectivity index (χ0) is 31.6. The summed E-state index contributed by atoms with van der Waals surface area (Å²) >= 11 is 0. The molecule has 234 valence electrons. The Morgan fingerprint density at radius 2 is 1.71 bits per heavy atom. The summed E-state index contributed by atoms with van der Waals surface area (Å²) in [4.78, 5) is 26.9. The van der Waals surface area contributed by atoms with Crippen LogP contribution in [0.3, 0.4) is 0 Å². The monoisotopic (exact) mass is 607 g/mol. The molecule has 9 heteroatoms. The van der Waals surface area contributed by atoms with E-state index in [9.17, 15) is 9.59 Å². The van der Waals surface area contributed by atoms with Gasteiger partial charge in [-0.1, -0.05) is 50.6 Å². The first-order valence-electron chi connectivity index (χ1n) is 15.6. The van der Waals surface area contributed by atoms with E-state index < -0.39 is 0 Å². The molecule has 3 aromatic carbocycles. The predicted octanol–water partition coefficient (Wildman–Crippen LogP) is 7.21. The number of hydrogen-bond donors (Lipinski definition) is 3. The molecule has 6 rings (SSSR count). The third-order valence-corrected chi connectivity index (χ3v) is 8.62. The summed E-state index contributed by atoms with van der Waals surface area (Å²) in [7, 11) is 0. The van der Waals surface area contributed by atoms with E-state index in [2.05, 4.69) is 42.8 Å². The lowest BCUT2D eigenvalue weighted by atomic mass is 9.77. The zero-order valence-corrected chi connectivity index (χ0v) is 26.4. The van der Waals surface area contributed by atoms with E-state index in [1.54, 1.807) is 16.8 Å². The number of amides is 2. The normalized spacial score (nSPS) is 15.5. The van der Waals surface area contributed by atoms with Crippen molar-refractivity contribution in [2.24, 2.45) is 5.92 Å². The Kier molecular flexibility index (Phi) is 8.63. The smallest absolute Gasteiger partial charge is 0.324 e. The molecular formula is C36H41N5O4. The first-order chi connectivity index (χ1) is 21.6. The molecule has 2 amide bonds. The minimum atomic E-state index is -0.365. The summed E-state index contributed by atoms with van der Waals surface area (Å²) in [5.74, 6) is 2.26. The summed E-state index contributed by atoms with van der Waals surface area (Å²) in [5.41, 5.74) is 5.01. The second-order valence-corrected chi connectivity index (χ2v) is 13.0. The lowest BCUT2D eigenvalue weighted by molar-refractivity contribution is 0.0958. The number of ketones is 1. The maximum Gasteiger partial charge on any atom is 0.324 e. The number of urea groups is 1. The number of carbonyl (C=O) groups excluding carboxylic acids is 2. The van der Waals surface area contributed by atoms with Crippen molar-refractivity contribution in [3.05, 3.63) is 95.2 Å². The summed E-state index contributed by atoms with van der Waals surface area (Å²) in [5, 5.41) is 14.3. The highest BCUT2D eigenvalue weighted by molar-refractivity contribution is 6.00. The Balaban J connectivity index is 1.22. The molecule has 1 fully saturated rings. The standard InChI is InChI=1S/C36H41N5O4/c1-23-8-11-28(12-9-23)41-34(21-33(40-41)36(2,3)4)39-35(43)38-27-7-5-6-25(18-27)29(24-14-16-37-17-15-24)20-30(42)26-10-13-31-32(19-26)45-22-44-31/h5-13,18-19,21,24,29,37H,14-17,20,22H2,1-4H3,(H2,38,39,43). The average molecular weight is 608 g/mol. The second kappa shape index (κ2) is 12.8. The van der Waals surface area contributed by atoms with Gasteiger partial charge in [0.15, 0.2) is 17.3 Å². The highest BCUT2D eigenvalue weighted by Gasteiger charge is 2.29. The third-order valence-electron chi connectivity index (χ3n) is 8.62. The van der Waals surface area contributed by atoms with Crippen LogP contribution in [0.4, 0.5) is 16.3 Å². The van der Waals surface area contributed by atoms with Crippen molar-refractivity contribution in [2.75, 3.05) is 30.5 Å². The van der Waals surface area contributed by atoms with Gasteiger partial charge in [-0.05, 0) is 92.7 Å². The van der Waals surface area contributed by atoms with Gasteiger partial charge in [-0.2, -0.15) is 5.10 Å². The third kappa shape index (κ3) is 7.04. The van der Waals surface area contributed by atoms with Gasteiger partial charge < -0.3 is 20.1 Å². The van der Waals surface area contributed by atoms with E-state index in [-0.39, 0.29) is 29.9 Å². The number of Topliss-reactive ketones (excluding diaryl/α,β-unsaturated/α-hetero) is 1. The van der Waals surface area contributed by atoms with Gasteiger partial charge >= 0.3 is 6.03 Å². The first kappa shape index (κ1) is 30.4. The number of nitrogens with zero attached hydrogens (tertiary/aromatic N) is 2. The van der Waals surface area contributed by atoms with E-state index in [1.807, 2.05) is 61.5 Å². The number of aromatic nitrogens is 2. The maximum absolute atomic E-state index is 13.6. The predicted molar refractivity (Wildman–Crippen MR) is 176 cm³/mol. The highest BCUT2D eigenvalue weighted by atomic mass is 16.7. The Hall–Kier alpha value is -4.63. The largest absolute Gasteiger partial charge is 0.454 e. The van der Waals surface area contributed by atoms with E-state index in [0.717, 1.165) is 48.4 Å². The van der Waals surface area contributed by atoms with Gasteiger partial charge in [0.1, 0.15) is 5.82 Å². The Morgan fingerprint density at radius 3 is 2.47 bits per heavy atom. The number of benzene rings is 3. The SMILES string of the molecule is Cc1ccc(-n2nc(C(C)(C)C)cc2NC(=O)Nc2cccc(C(CC(=O)c3ccc4c(c3)OCO4)C3CCNCC3)c2)cc1. The van der Waals surface area contributed by atoms with Gasteiger partial charge in [0.05, 0.1) is 11.4 Å². The highest BCUT2D eigenvalue weighted by Crippen LogP contribution is 2.38. The van der Waals surface area contributed by atoms with Crippen molar-refractivity contribution >= 4 is 23.3 Å². The molecule has 1 aromatic heterocycles. The number of piperidine rings is 1. The fourth-order valence-electron chi connectivity index (χ4n) is 6.04. The fraction of sp³-hybridized carbons (Fsp3) is 0.361. The van der Waals surface area contributed by atoms with Crippen LogP contribution in [0.25, 0.3) is 5.69 Å². The van der Waals surface area contributed by atoms with Gasteiger partial charge in [-0.15, -0.1) is 0 Å². The van der Waals surface area contributed by atoms with Crippen molar-refractivity contribution in [3.63, 3.8) is 0 Å². The van der Waals surface area contributed by atoms with Gasteiger partial charge in [0, 0.05) is 29.2 Å². The van der Waals surface area contributed by atoms with Crippen molar-refractivity contribution in [3.8, 4) is 17.2 Å². The minimum absolute atomic E-state index is 0.00662. The van der Waals surface area contributed by atoms with Crippen LogP contribution in [0.2, 0.25) is 0 Å². The van der Waals surface area contributed by atoms with E-state index in [0.29, 0.717) is 40.9 Å². The summed E-state index contributed by atoms with van der Waals surface area (Å²) in [6, 6.07) is 22.9. The molecule has 1 saturated heterocycles. The summed E-state index contributed by atoms with van der Waals surface area (Å²) in [6.07, 6.45) is 2.33. The van der Waals surface area contributed by atoms with Crippen molar-refractivity contribution in [1.82, 2.24) is 15.1 Å².